The molecule has 2 heterocycles. The Bertz CT molecular complexity index is 320. The zero-order chi connectivity index (χ0) is 8.77. The van der Waals surface area contributed by atoms with E-state index in [0.717, 1.165) is 17.9 Å². The first kappa shape index (κ1) is 7.40. The number of hydrogen-bond donors (Lipinski definition) is 2. The number of hydrogen-bond acceptors (Lipinski definition) is 3. The smallest absolute Gasteiger partial charge is 0.211 e. The molecule has 0 fully saturated rings. The molecule has 3 heteroatoms. The van der Waals surface area contributed by atoms with Gasteiger partial charge in [-0.3, -0.25) is 0 Å². The Labute approximate surface area is 71.4 Å². The lowest BCUT2D eigenvalue weighted by Gasteiger charge is -2.15. The second-order valence-electron chi connectivity index (χ2n) is 3.80. The van der Waals surface area contributed by atoms with Crippen molar-refractivity contribution in [1.82, 2.24) is 4.98 Å². The van der Waals surface area contributed by atoms with Gasteiger partial charge in [0.15, 0.2) is 0 Å². The van der Waals surface area contributed by atoms with Crippen LogP contribution >= 0.6 is 0 Å². The zero-order valence-corrected chi connectivity index (χ0v) is 7.26. The van der Waals surface area contributed by atoms with Crippen LogP contribution in [0, 0.1) is 0 Å². The molecule has 1 aliphatic heterocycles. The van der Waals surface area contributed by atoms with Gasteiger partial charge in [-0.2, -0.15) is 0 Å². The summed E-state index contributed by atoms with van der Waals surface area (Å²) in [5, 5.41) is 12.4. The Morgan fingerprint density at radius 1 is 1.50 bits per heavy atom. The van der Waals surface area contributed by atoms with Crippen LogP contribution in [0.4, 0.5) is 5.69 Å². The third-order valence-corrected chi connectivity index (χ3v) is 2.24. The Morgan fingerprint density at radius 2 is 2.25 bits per heavy atom. The molecule has 0 saturated heterocycles. The van der Waals surface area contributed by atoms with E-state index in [1.165, 1.54) is 0 Å². The first-order chi connectivity index (χ1) is 5.59. The highest BCUT2D eigenvalue weighted by molar-refractivity contribution is 5.57. The first-order valence-electron chi connectivity index (χ1n) is 4.04. The van der Waals surface area contributed by atoms with Crippen LogP contribution in [0.2, 0.25) is 0 Å². The lowest BCUT2D eigenvalue weighted by molar-refractivity contribution is 0.444. The summed E-state index contributed by atoms with van der Waals surface area (Å²) in [6, 6.07) is 3.47. The van der Waals surface area contributed by atoms with Gasteiger partial charge < -0.3 is 10.4 Å². The largest absolute Gasteiger partial charge is 0.493 e. The van der Waals surface area contributed by atoms with Crippen LogP contribution in [0.1, 0.15) is 19.5 Å². The number of aromatic nitrogens is 1. The number of fused-ring (bicyclic) bond motifs is 1. The lowest BCUT2D eigenvalue weighted by atomic mass is 9.91. The molecule has 0 aromatic carbocycles. The standard InChI is InChI=1S/C9H12N2O/c1-9(2)5-10-6-3-4-7(12)11-8(6)9/h3-4,10H,5H2,1-2H3,(H,11,12). The van der Waals surface area contributed by atoms with Crippen LogP contribution in [0.25, 0.3) is 0 Å². The molecule has 2 N–H and O–H groups in total. The van der Waals surface area contributed by atoms with E-state index in [2.05, 4.69) is 24.1 Å². The van der Waals surface area contributed by atoms with Crippen molar-refractivity contribution in [2.45, 2.75) is 19.3 Å². The maximum absolute atomic E-state index is 9.19. The molecule has 0 amide bonds. The molecule has 2 rings (SSSR count). The van der Waals surface area contributed by atoms with Crippen LogP contribution < -0.4 is 5.32 Å². The summed E-state index contributed by atoms with van der Waals surface area (Å²) in [5.41, 5.74) is 2.04. The van der Waals surface area contributed by atoms with Gasteiger partial charge in [0.05, 0.1) is 11.4 Å². The number of pyridine rings is 1. The highest BCUT2D eigenvalue weighted by atomic mass is 16.3. The summed E-state index contributed by atoms with van der Waals surface area (Å²) in [6.07, 6.45) is 0. The third-order valence-electron chi connectivity index (χ3n) is 2.24. The van der Waals surface area contributed by atoms with Gasteiger partial charge in [0.1, 0.15) is 0 Å². The summed E-state index contributed by atoms with van der Waals surface area (Å²) in [4.78, 5) is 4.10. The Hall–Kier alpha value is -1.25. The molecule has 1 aliphatic rings. The van der Waals surface area contributed by atoms with Gasteiger partial charge in [0.2, 0.25) is 5.88 Å². The normalized spacial score (nSPS) is 18.5. The van der Waals surface area contributed by atoms with Crippen LogP contribution in [0.15, 0.2) is 12.1 Å². The van der Waals surface area contributed by atoms with Gasteiger partial charge in [-0.1, -0.05) is 13.8 Å². The molecule has 0 atom stereocenters. The summed E-state index contributed by atoms with van der Waals surface area (Å²) >= 11 is 0. The van der Waals surface area contributed by atoms with Crippen molar-refractivity contribution in [3.05, 3.63) is 17.8 Å². The lowest BCUT2D eigenvalue weighted by Crippen LogP contribution is -2.19. The maximum atomic E-state index is 9.19. The molecule has 0 aliphatic carbocycles. The molecule has 1 aromatic rings. The average Bonchev–Trinajstić information content (AvgIpc) is 2.28. The molecule has 0 saturated carbocycles. The number of nitrogens with zero attached hydrogens (tertiary/aromatic N) is 1. The Morgan fingerprint density at radius 3 is 3.00 bits per heavy atom. The molecule has 1 aromatic heterocycles. The molecule has 0 spiro atoms. The molecule has 0 bridgehead atoms. The minimum absolute atomic E-state index is 0.0358. The number of anilines is 1. The summed E-state index contributed by atoms with van der Waals surface area (Å²) in [7, 11) is 0. The van der Waals surface area contributed by atoms with Crippen molar-refractivity contribution >= 4 is 5.69 Å². The van der Waals surface area contributed by atoms with Crippen molar-refractivity contribution < 1.29 is 5.11 Å². The third kappa shape index (κ3) is 0.932. The molecule has 0 radical (unpaired) electrons. The monoisotopic (exact) mass is 164 g/mol. The van der Waals surface area contributed by atoms with E-state index in [-0.39, 0.29) is 11.3 Å². The minimum Gasteiger partial charge on any atom is -0.493 e. The van der Waals surface area contributed by atoms with Crippen LogP contribution in [0.3, 0.4) is 0 Å². The minimum atomic E-state index is 0.0358. The fraction of sp³-hybridized carbons (Fsp3) is 0.444. The van der Waals surface area contributed by atoms with Crippen molar-refractivity contribution in [1.29, 1.82) is 0 Å². The first-order valence-corrected chi connectivity index (χ1v) is 4.04. The number of rotatable bonds is 0. The van der Waals surface area contributed by atoms with E-state index >= 15 is 0 Å². The van der Waals surface area contributed by atoms with E-state index in [1.54, 1.807) is 6.07 Å². The number of nitrogens with one attached hydrogen (secondary N) is 1. The van der Waals surface area contributed by atoms with Crippen LogP contribution in [-0.4, -0.2) is 16.6 Å². The highest BCUT2D eigenvalue weighted by Gasteiger charge is 2.31. The van der Waals surface area contributed by atoms with Gasteiger partial charge >= 0.3 is 0 Å². The predicted octanol–water partition coefficient (Wildman–Crippen LogP) is 1.49. The summed E-state index contributed by atoms with van der Waals surface area (Å²) in [6.45, 7) is 5.11. The van der Waals surface area contributed by atoms with Gasteiger partial charge in [-0.15, -0.1) is 0 Å². The second-order valence-corrected chi connectivity index (χ2v) is 3.80. The average molecular weight is 164 g/mol. The van der Waals surface area contributed by atoms with Gasteiger partial charge in [-0.05, 0) is 6.07 Å². The van der Waals surface area contributed by atoms with Crippen molar-refractivity contribution in [2.24, 2.45) is 0 Å². The van der Waals surface area contributed by atoms with Gasteiger partial charge in [-0.25, -0.2) is 4.98 Å². The highest BCUT2D eigenvalue weighted by Crippen LogP contribution is 2.35. The second kappa shape index (κ2) is 2.12. The van der Waals surface area contributed by atoms with Crippen LogP contribution in [0.5, 0.6) is 5.88 Å². The zero-order valence-electron chi connectivity index (χ0n) is 7.26. The molecule has 0 unspecified atom stereocenters. The van der Waals surface area contributed by atoms with Gasteiger partial charge in [0, 0.05) is 18.0 Å². The van der Waals surface area contributed by atoms with Crippen molar-refractivity contribution in [3.8, 4) is 5.88 Å². The summed E-state index contributed by atoms with van der Waals surface area (Å²) < 4.78 is 0. The maximum Gasteiger partial charge on any atom is 0.211 e. The van der Waals surface area contributed by atoms with E-state index in [4.69, 9.17) is 0 Å². The Kier molecular flexibility index (Phi) is 1.31. The topological polar surface area (TPSA) is 45.1 Å². The van der Waals surface area contributed by atoms with Crippen molar-refractivity contribution in [3.63, 3.8) is 0 Å². The molecule has 64 valence electrons. The fourth-order valence-electron chi connectivity index (χ4n) is 1.51. The quantitative estimate of drug-likeness (QED) is 0.610. The van der Waals surface area contributed by atoms with Gasteiger partial charge in [0.25, 0.3) is 0 Å². The van der Waals surface area contributed by atoms with Crippen LogP contribution in [-0.2, 0) is 5.41 Å². The Balaban J connectivity index is 2.57. The van der Waals surface area contributed by atoms with Crippen molar-refractivity contribution in [2.75, 3.05) is 11.9 Å². The van der Waals surface area contributed by atoms with E-state index in [0.29, 0.717) is 0 Å². The number of aromatic hydroxyl groups is 1. The van der Waals surface area contributed by atoms with E-state index in [1.807, 2.05) is 6.07 Å². The van der Waals surface area contributed by atoms with E-state index < -0.39 is 0 Å². The van der Waals surface area contributed by atoms with E-state index in [9.17, 15) is 5.11 Å². The summed E-state index contributed by atoms with van der Waals surface area (Å²) in [5.74, 6) is 0.102. The molecule has 12 heavy (non-hydrogen) atoms. The fourth-order valence-corrected chi connectivity index (χ4v) is 1.51. The molecular formula is C9H12N2O. The predicted molar refractivity (Wildman–Crippen MR) is 47.4 cm³/mol. The molecular weight excluding hydrogens is 152 g/mol. The SMILES string of the molecule is CC1(C)CNc2ccc(O)nc21. The molecule has 3 nitrogen and oxygen atoms in total.